The van der Waals surface area contributed by atoms with Gasteiger partial charge in [-0.15, -0.1) is 0 Å². The van der Waals surface area contributed by atoms with Crippen molar-refractivity contribution in [1.82, 2.24) is 20.1 Å². The van der Waals surface area contributed by atoms with Gasteiger partial charge in [0.05, 0.1) is 18.6 Å². The minimum absolute atomic E-state index is 0.00990. The molecule has 3 aliphatic rings. The Bertz CT molecular complexity index is 897. The maximum absolute atomic E-state index is 12.7. The predicted molar refractivity (Wildman–Crippen MR) is 121 cm³/mol. The molecule has 0 bridgehead atoms. The van der Waals surface area contributed by atoms with E-state index in [9.17, 15) is 9.59 Å². The molecule has 0 aliphatic carbocycles. The van der Waals surface area contributed by atoms with Crippen LogP contribution in [0.5, 0.6) is 0 Å². The number of amides is 2. The quantitative estimate of drug-likeness (QED) is 0.698. The monoisotopic (exact) mass is 436 g/mol. The molecule has 0 spiro atoms. The molecule has 0 saturated carbocycles. The van der Waals surface area contributed by atoms with Crippen molar-refractivity contribution in [2.24, 2.45) is 17.8 Å². The predicted octanol–water partition coefficient (Wildman–Crippen LogP) is 2.30. The van der Waals surface area contributed by atoms with Gasteiger partial charge >= 0.3 is 0 Å². The first-order valence-electron chi connectivity index (χ1n) is 11.8. The molecule has 3 saturated heterocycles. The van der Waals surface area contributed by atoms with Gasteiger partial charge in [0.25, 0.3) is 5.91 Å². The van der Waals surface area contributed by atoms with Gasteiger partial charge in [0.2, 0.25) is 5.91 Å². The van der Waals surface area contributed by atoms with Crippen molar-refractivity contribution in [2.75, 3.05) is 45.9 Å². The average molecular weight is 437 g/mol. The number of nitrogens with zero attached hydrogens (tertiary/aromatic N) is 2. The number of ether oxygens (including phenoxy) is 1. The van der Waals surface area contributed by atoms with Crippen LogP contribution in [0, 0.1) is 17.8 Å². The normalized spacial score (nSPS) is 26.2. The van der Waals surface area contributed by atoms with Crippen molar-refractivity contribution in [3.63, 3.8) is 0 Å². The number of carbonyl (C=O) groups excluding carboxylic acids is 2. The van der Waals surface area contributed by atoms with Crippen molar-refractivity contribution in [1.29, 1.82) is 0 Å². The molecular formula is C25H32N4O3. The molecule has 170 valence electrons. The Morgan fingerprint density at radius 3 is 2.50 bits per heavy atom. The van der Waals surface area contributed by atoms with E-state index in [1.54, 1.807) is 6.20 Å². The van der Waals surface area contributed by atoms with Crippen molar-refractivity contribution in [2.45, 2.75) is 18.9 Å². The third-order valence-corrected chi connectivity index (χ3v) is 7.23. The lowest BCUT2D eigenvalue weighted by Gasteiger charge is -2.25. The molecule has 7 heteroatoms. The summed E-state index contributed by atoms with van der Waals surface area (Å²) in [6.45, 7) is 5.85. The number of aromatic nitrogens is 1. The van der Waals surface area contributed by atoms with Crippen LogP contribution in [0.25, 0.3) is 0 Å². The maximum atomic E-state index is 12.7. The number of nitrogens with one attached hydrogen (secondary N) is 2. The van der Waals surface area contributed by atoms with Crippen LogP contribution < -0.4 is 5.32 Å². The molecular weight excluding hydrogens is 404 g/mol. The number of aromatic amines is 1. The number of hydrogen-bond acceptors (Lipinski definition) is 4. The van der Waals surface area contributed by atoms with E-state index < -0.39 is 0 Å². The first-order valence-corrected chi connectivity index (χ1v) is 11.8. The number of hydrogen-bond donors (Lipinski definition) is 2. The van der Waals surface area contributed by atoms with Crippen LogP contribution >= 0.6 is 0 Å². The first-order chi connectivity index (χ1) is 15.7. The molecule has 2 amide bonds. The smallest absolute Gasteiger partial charge is 0.270 e. The maximum Gasteiger partial charge on any atom is 0.270 e. The van der Waals surface area contributed by atoms with E-state index >= 15 is 0 Å². The Hall–Kier alpha value is -2.64. The van der Waals surface area contributed by atoms with Crippen LogP contribution in [0.4, 0.5) is 0 Å². The standard InChI is InChI=1S/C25H32N4O3/c30-24(19-9-12-32-17-19)27-22(18-5-2-1-3-6-18)8-11-28-13-20-15-29(16-21(20)14-28)25(31)23-7-4-10-26-23/h1-7,10,19-22,26H,8-9,11-17H2,(H,27,30)/t19?,20?,21?,22-/m0/s1. The molecule has 3 unspecified atom stereocenters. The molecule has 1 aromatic carbocycles. The van der Waals surface area contributed by atoms with Gasteiger partial charge in [0.1, 0.15) is 5.69 Å². The first kappa shape index (κ1) is 21.2. The van der Waals surface area contributed by atoms with Crippen LogP contribution in [-0.4, -0.2) is 72.5 Å². The lowest BCUT2D eigenvalue weighted by molar-refractivity contribution is -0.125. The fraction of sp³-hybridized carbons (Fsp3) is 0.520. The molecule has 3 fully saturated rings. The number of rotatable bonds is 7. The molecule has 2 N–H and O–H groups in total. The second-order valence-corrected chi connectivity index (χ2v) is 9.39. The summed E-state index contributed by atoms with van der Waals surface area (Å²) < 4.78 is 5.40. The Labute approximate surface area is 189 Å². The molecule has 5 rings (SSSR count). The van der Waals surface area contributed by atoms with E-state index in [1.807, 2.05) is 35.2 Å². The van der Waals surface area contributed by atoms with E-state index in [-0.39, 0.29) is 23.8 Å². The summed E-state index contributed by atoms with van der Waals surface area (Å²) >= 11 is 0. The Balaban J connectivity index is 1.15. The minimum Gasteiger partial charge on any atom is -0.381 e. The highest BCUT2D eigenvalue weighted by Crippen LogP contribution is 2.32. The number of H-pyrrole nitrogens is 1. The third kappa shape index (κ3) is 4.59. The molecule has 7 nitrogen and oxygen atoms in total. The zero-order valence-electron chi connectivity index (χ0n) is 18.4. The lowest BCUT2D eigenvalue weighted by Crippen LogP contribution is -2.37. The van der Waals surface area contributed by atoms with Crippen molar-refractivity contribution in [3.8, 4) is 0 Å². The van der Waals surface area contributed by atoms with Gasteiger partial charge in [-0.2, -0.15) is 0 Å². The van der Waals surface area contributed by atoms with Crippen molar-refractivity contribution < 1.29 is 14.3 Å². The third-order valence-electron chi connectivity index (χ3n) is 7.23. The van der Waals surface area contributed by atoms with Crippen LogP contribution in [0.3, 0.4) is 0 Å². The zero-order chi connectivity index (χ0) is 21.9. The van der Waals surface area contributed by atoms with Crippen LogP contribution in [0.2, 0.25) is 0 Å². The second kappa shape index (κ2) is 9.46. The highest BCUT2D eigenvalue weighted by Gasteiger charge is 2.41. The lowest BCUT2D eigenvalue weighted by atomic mass is 10.0. The van der Waals surface area contributed by atoms with Crippen LogP contribution in [-0.2, 0) is 9.53 Å². The van der Waals surface area contributed by atoms with E-state index in [0.717, 1.165) is 51.1 Å². The Morgan fingerprint density at radius 2 is 1.84 bits per heavy atom. The van der Waals surface area contributed by atoms with Gasteiger partial charge in [-0.3, -0.25) is 9.59 Å². The summed E-state index contributed by atoms with van der Waals surface area (Å²) in [5.74, 6) is 1.26. The number of likely N-dealkylation sites (tertiary alicyclic amines) is 2. The number of fused-ring (bicyclic) bond motifs is 1. The SMILES string of the molecule is O=C(N[C@@H](CCN1CC2CN(C(=O)c3ccc[nH]3)CC2C1)c1ccccc1)C1CCOC1. The molecule has 3 aliphatic heterocycles. The van der Waals surface area contributed by atoms with Gasteiger partial charge in [-0.05, 0) is 42.4 Å². The Morgan fingerprint density at radius 1 is 1.06 bits per heavy atom. The molecule has 1 aromatic heterocycles. The highest BCUT2D eigenvalue weighted by molar-refractivity contribution is 5.92. The summed E-state index contributed by atoms with van der Waals surface area (Å²) in [6.07, 6.45) is 3.49. The molecule has 0 radical (unpaired) electrons. The van der Waals surface area contributed by atoms with Crippen LogP contribution in [0.15, 0.2) is 48.7 Å². The second-order valence-electron chi connectivity index (χ2n) is 9.39. The van der Waals surface area contributed by atoms with Crippen molar-refractivity contribution in [3.05, 3.63) is 59.9 Å². The van der Waals surface area contributed by atoms with E-state index in [4.69, 9.17) is 4.74 Å². The van der Waals surface area contributed by atoms with Gasteiger partial charge in [-0.1, -0.05) is 30.3 Å². The van der Waals surface area contributed by atoms with Gasteiger partial charge in [-0.25, -0.2) is 0 Å². The number of carbonyl (C=O) groups is 2. The summed E-state index contributed by atoms with van der Waals surface area (Å²) in [5.41, 5.74) is 1.83. The highest BCUT2D eigenvalue weighted by atomic mass is 16.5. The molecule has 4 heterocycles. The molecule has 32 heavy (non-hydrogen) atoms. The fourth-order valence-corrected chi connectivity index (χ4v) is 5.42. The largest absolute Gasteiger partial charge is 0.381 e. The zero-order valence-corrected chi connectivity index (χ0v) is 18.4. The summed E-state index contributed by atoms with van der Waals surface area (Å²) in [7, 11) is 0. The fourth-order valence-electron chi connectivity index (χ4n) is 5.42. The number of benzene rings is 1. The van der Waals surface area contributed by atoms with Gasteiger partial charge in [0.15, 0.2) is 0 Å². The topological polar surface area (TPSA) is 77.7 Å². The summed E-state index contributed by atoms with van der Waals surface area (Å²) in [6, 6.07) is 14.0. The summed E-state index contributed by atoms with van der Waals surface area (Å²) in [4.78, 5) is 32.9. The van der Waals surface area contributed by atoms with Crippen LogP contribution in [0.1, 0.15) is 34.9 Å². The average Bonchev–Trinajstić information content (AvgIpc) is 3.60. The van der Waals surface area contributed by atoms with Gasteiger partial charge < -0.3 is 24.8 Å². The Kier molecular flexibility index (Phi) is 6.28. The molecule has 4 atom stereocenters. The van der Waals surface area contributed by atoms with E-state index in [1.165, 1.54) is 0 Å². The van der Waals surface area contributed by atoms with Crippen molar-refractivity contribution >= 4 is 11.8 Å². The minimum atomic E-state index is -0.0319. The van der Waals surface area contributed by atoms with Gasteiger partial charge in [0, 0.05) is 45.5 Å². The van der Waals surface area contributed by atoms with E-state index in [0.29, 0.717) is 30.7 Å². The van der Waals surface area contributed by atoms with E-state index in [2.05, 4.69) is 27.3 Å². The molecule has 2 aromatic rings. The summed E-state index contributed by atoms with van der Waals surface area (Å²) in [5, 5.41) is 3.29.